The smallest absolute Gasteiger partial charge is 0.0346 e. The van der Waals surface area contributed by atoms with Gasteiger partial charge in [0.05, 0.1) is 0 Å². The first-order valence-corrected chi connectivity index (χ1v) is 24.5. The first-order chi connectivity index (χ1) is 33.7. The Morgan fingerprint density at radius 3 is 1.45 bits per heavy atom. The molecule has 0 heterocycles. The van der Waals surface area contributed by atoms with Gasteiger partial charge in [-0.3, -0.25) is 0 Å². The molecule has 0 radical (unpaired) electrons. The number of hydrogen-bond acceptors (Lipinski definition) is 0. The fraction of sp³-hybridized carbons (Fsp3) is 0.101. The molecule has 1 atom stereocenters. The SMILES string of the molecule is CC1(C)c2ccc(-c3ccc4cc5c(cc4c3)-c3ccccc3C5(C)C)cc2-c2cc(C(c3ccc(-c4ccc(-c5ccccc5)c5ccccc45)cc3)c3ccccc3-c3ccccc3)ccc21. The molecule has 11 aromatic carbocycles. The van der Waals surface area contributed by atoms with Gasteiger partial charge in [-0.25, -0.2) is 0 Å². The van der Waals surface area contributed by atoms with Crippen molar-refractivity contribution in [2.45, 2.75) is 44.4 Å². The van der Waals surface area contributed by atoms with Gasteiger partial charge in [-0.15, -0.1) is 0 Å². The molecule has 11 aromatic rings. The first-order valence-electron chi connectivity index (χ1n) is 24.5. The highest BCUT2D eigenvalue weighted by molar-refractivity contribution is 6.05. The zero-order chi connectivity index (χ0) is 46.4. The molecule has 328 valence electrons. The van der Waals surface area contributed by atoms with Crippen LogP contribution in [0, 0.1) is 0 Å². The van der Waals surface area contributed by atoms with Crippen LogP contribution in [0.2, 0.25) is 0 Å². The summed E-state index contributed by atoms with van der Waals surface area (Å²) in [7, 11) is 0. The van der Waals surface area contributed by atoms with Gasteiger partial charge in [0.25, 0.3) is 0 Å². The van der Waals surface area contributed by atoms with Crippen LogP contribution < -0.4 is 0 Å². The zero-order valence-corrected chi connectivity index (χ0v) is 39.6. The van der Waals surface area contributed by atoms with Crippen LogP contribution in [0.1, 0.15) is 72.6 Å². The summed E-state index contributed by atoms with van der Waals surface area (Å²) in [4.78, 5) is 0. The van der Waals surface area contributed by atoms with Crippen LogP contribution in [0.3, 0.4) is 0 Å². The Bertz CT molecular complexity index is 3810. The largest absolute Gasteiger partial charge is 0.0622 e. The maximum atomic E-state index is 2.52. The second-order valence-electron chi connectivity index (χ2n) is 20.4. The van der Waals surface area contributed by atoms with Crippen LogP contribution in [0.4, 0.5) is 0 Å². The normalized spacial score (nSPS) is 14.3. The molecule has 0 nitrogen and oxygen atoms in total. The molecule has 2 aliphatic rings. The summed E-state index contributed by atoms with van der Waals surface area (Å²) in [5, 5.41) is 5.10. The molecule has 0 saturated carbocycles. The molecule has 13 rings (SSSR count). The van der Waals surface area contributed by atoms with Crippen molar-refractivity contribution in [1.29, 1.82) is 0 Å². The van der Waals surface area contributed by atoms with Crippen LogP contribution in [-0.2, 0) is 10.8 Å². The molecule has 0 bridgehead atoms. The van der Waals surface area contributed by atoms with Crippen molar-refractivity contribution in [3.63, 3.8) is 0 Å². The summed E-state index contributed by atoms with van der Waals surface area (Å²) in [5.41, 5.74) is 24.6. The Labute approximate surface area is 406 Å². The second-order valence-corrected chi connectivity index (χ2v) is 20.4. The third-order valence-electron chi connectivity index (χ3n) is 15.8. The van der Waals surface area contributed by atoms with Crippen LogP contribution >= 0.6 is 0 Å². The van der Waals surface area contributed by atoms with Crippen LogP contribution in [0.15, 0.2) is 237 Å². The highest BCUT2D eigenvalue weighted by atomic mass is 14.4. The van der Waals surface area contributed by atoms with E-state index in [-0.39, 0.29) is 16.7 Å². The predicted molar refractivity (Wildman–Crippen MR) is 292 cm³/mol. The number of hydrogen-bond donors (Lipinski definition) is 0. The van der Waals surface area contributed by atoms with Crippen molar-refractivity contribution in [3.8, 4) is 66.8 Å². The Balaban J connectivity index is 0.927. The van der Waals surface area contributed by atoms with Crippen molar-refractivity contribution in [1.82, 2.24) is 0 Å². The third kappa shape index (κ3) is 6.57. The zero-order valence-electron chi connectivity index (χ0n) is 39.6. The topological polar surface area (TPSA) is 0 Å². The molecular formula is C69H52. The van der Waals surface area contributed by atoms with E-state index in [1.807, 2.05) is 0 Å². The lowest BCUT2D eigenvalue weighted by atomic mass is 9.78. The molecule has 0 spiro atoms. The highest BCUT2D eigenvalue weighted by Gasteiger charge is 2.37. The van der Waals surface area contributed by atoms with Gasteiger partial charge in [0.15, 0.2) is 0 Å². The van der Waals surface area contributed by atoms with Crippen molar-refractivity contribution < 1.29 is 0 Å². The summed E-state index contributed by atoms with van der Waals surface area (Å²) in [6.45, 7) is 9.51. The van der Waals surface area contributed by atoms with E-state index in [2.05, 4.69) is 264 Å². The molecule has 69 heavy (non-hydrogen) atoms. The van der Waals surface area contributed by atoms with Gasteiger partial charge >= 0.3 is 0 Å². The van der Waals surface area contributed by atoms with Gasteiger partial charge in [-0.05, 0) is 158 Å². The van der Waals surface area contributed by atoms with Crippen molar-refractivity contribution in [3.05, 3.63) is 276 Å². The fourth-order valence-corrected chi connectivity index (χ4v) is 12.2. The molecule has 0 aliphatic heterocycles. The Morgan fingerprint density at radius 2 is 0.739 bits per heavy atom. The Hall–Kier alpha value is -8.06. The summed E-state index contributed by atoms with van der Waals surface area (Å²) in [6, 6.07) is 88.9. The van der Waals surface area contributed by atoms with Gasteiger partial charge in [0.1, 0.15) is 0 Å². The van der Waals surface area contributed by atoms with Gasteiger partial charge in [0, 0.05) is 16.7 Å². The molecule has 1 unspecified atom stereocenters. The van der Waals surface area contributed by atoms with Gasteiger partial charge in [-0.2, -0.15) is 0 Å². The average molecular weight is 881 g/mol. The molecular weight excluding hydrogens is 829 g/mol. The molecule has 2 aliphatic carbocycles. The molecule has 0 amide bonds. The maximum absolute atomic E-state index is 2.52. The summed E-state index contributed by atoms with van der Waals surface area (Å²) < 4.78 is 0. The van der Waals surface area contributed by atoms with E-state index in [1.54, 1.807) is 0 Å². The van der Waals surface area contributed by atoms with Gasteiger partial charge in [-0.1, -0.05) is 234 Å². The van der Waals surface area contributed by atoms with Crippen molar-refractivity contribution in [2.75, 3.05) is 0 Å². The van der Waals surface area contributed by atoms with Gasteiger partial charge < -0.3 is 0 Å². The summed E-state index contributed by atoms with van der Waals surface area (Å²) in [5.74, 6) is -0.00868. The lowest BCUT2D eigenvalue weighted by molar-refractivity contribution is 0.660. The minimum atomic E-state index is -0.135. The third-order valence-corrected chi connectivity index (χ3v) is 15.8. The van der Waals surface area contributed by atoms with E-state index >= 15 is 0 Å². The lowest BCUT2D eigenvalue weighted by Crippen LogP contribution is -2.15. The number of rotatable bonds is 7. The fourth-order valence-electron chi connectivity index (χ4n) is 12.2. The van der Waals surface area contributed by atoms with Crippen molar-refractivity contribution in [2.24, 2.45) is 0 Å². The minimum absolute atomic E-state index is 0.00868. The van der Waals surface area contributed by atoms with E-state index in [4.69, 9.17) is 0 Å². The Morgan fingerprint density at radius 1 is 0.261 bits per heavy atom. The average Bonchev–Trinajstić information content (AvgIpc) is 3.76. The quantitative estimate of drug-likeness (QED) is 0.140. The molecule has 0 N–H and O–H groups in total. The van der Waals surface area contributed by atoms with Gasteiger partial charge in [0.2, 0.25) is 0 Å². The number of fused-ring (bicyclic) bond motifs is 8. The first kappa shape index (κ1) is 41.2. The number of benzene rings is 11. The maximum Gasteiger partial charge on any atom is 0.0346 e. The standard InChI is InChI=1S/C69H52/c1-68(2)64-37-33-49(48-31-32-50-43-66-60(42-52(50)39-48)58-24-15-16-26-63(58)69(66,3)4)40-61(64)62-41-51(34-38-65(62)68)67(59-25-14-11-21-53(59)44-17-7-5-8-18-44)47-29-27-46(28-30-47)55-36-35-54(45-19-9-6-10-20-45)56-22-12-13-23-57(55)56/h5-43,67H,1-4H3. The van der Waals surface area contributed by atoms with Crippen molar-refractivity contribution >= 4 is 21.5 Å². The Kier molecular flexibility index (Phi) is 9.40. The highest BCUT2D eigenvalue weighted by Crippen LogP contribution is 2.53. The minimum Gasteiger partial charge on any atom is -0.0622 e. The lowest BCUT2D eigenvalue weighted by Gasteiger charge is -2.25. The van der Waals surface area contributed by atoms with E-state index in [0.717, 1.165) is 0 Å². The van der Waals surface area contributed by atoms with E-state index in [9.17, 15) is 0 Å². The molecule has 0 saturated heterocycles. The predicted octanol–water partition coefficient (Wildman–Crippen LogP) is 18.5. The van der Waals surface area contributed by atoms with E-state index in [1.165, 1.54) is 127 Å². The molecule has 0 aromatic heterocycles. The van der Waals surface area contributed by atoms with Crippen LogP contribution in [-0.4, -0.2) is 0 Å². The summed E-state index contributed by atoms with van der Waals surface area (Å²) >= 11 is 0. The van der Waals surface area contributed by atoms with Crippen LogP contribution in [0.5, 0.6) is 0 Å². The van der Waals surface area contributed by atoms with E-state index in [0.29, 0.717) is 0 Å². The van der Waals surface area contributed by atoms with E-state index < -0.39 is 0 Å². The second kappa shape index (κ2) is 15.8. The molecule has 0 heteroatoms. The monoisotopic (exact) mass is 880 g/mol. The van der Waals surface area contributed by atoms with Crippen LogP contribution in [0.25, 0.3) is 88.3 Å². The summed E-state index contributed by atoms with van der Waals surface area (Å²) in [6.07, 6.45) is 0. The molecule has 0 fully saturated rings.